The van der Waals surface area contributed by atoms with Gasteiger partial charge >= 0.3 is 0 Å². The van der Waals surface area contributed by atoms with Gasteiger partial charge in [-0.3, -0.25) is 4.79 Å². The van der Waals surface area contributed by atoms with Crippen LogP contribution in [0.2, 0.25) is 0 Å². The van der Waals surface area contributed by atoms with Gasteiger partial charge in [0.05, 0.1) is 6.61 Å². The molecule has 19 heavy (non-hydrogen) atoms. The summed E-state index contributed by atoms with van der Waals surface area (Å²) in [5.74, 6) is 2.16. The Morgan fingerprint density at radius 1 is 1.26 bits per heavy atom. The van der Waals surface area contributed by atoms with Crippen molar-refractivity contribution in [3.63, 3.8) is 0 Å². The topological polar surface area (TPSA) is 47.6 Å². The number of rotatable bonds is 6. The predicted molar refractivity (Wildman–Crippen MR) is 73.4 cm³/mol. The van der Waals surface area contributed by atoms with Crippen molar-refractivity contribution in [1.82, 2.24) is 5.32 Å². The van der Waals surface area contributed by atoms with Gasteiger partial charge in [-0.25, -0.2) is 0 Å². The average Bonchev–Trinajstić information content (AvgIpc) is 2.77. The number of carbonyl (C=O) groups is 1. The lowest BCUT2D eigenvalue weighted by Gasteiger charge is -2.12. The molecule has 1 atom stereocenters. The Balaban J connectivity index is 1.82. The number of amides is 1. The fourth-order valence-corrected chi connectivity index (χ4v) is 1.88. The molecular weight excluding hydrogens is 242 g/mol. The lowest BCUT2D eigenvalue weighted by molar-refractivity contribution is -0.124. The van der Waals surface area contributed by atoms with Crippen LogP contribution in [-0.2, 0) is 4.79 Å². The van der Waals surface area contributed by atoms with Crippen molar-refractivity contribution in [1.29, 1.82) is 0 Å². The van der Waals surface area contributed by atoms with Crippen molar-refractivity contribution in [2.24, 2.45) is 5.92 Å². The largest absolute Gasteiger partial charge is 0.494 e. The van der Waals surface area contributed by atoms with Crippen molar-refractivity contribution < 1.29 is 14.3 Å². The second-order valence-electron chi connectivity index (χ2n) is 5.19. The van der Waals surface area contributed by atoms with Crippen LogP contribution in [0.5, 0.6) is 11.5 Å². The smallest absolute Gasteiger partial charge is 0.261 e. The first-order valence-electron chi connectivity index (χ1n) is 6.82. The molecule has 0 saturated carbocycles. The zero-order valence-electron chi connectivity index (χ0n) is 11.5. The molecule has 0 bridgehead atoms. The highest BCUT2D eigenvalue weighted by Gasteiger charge is 2.25. The van der Waals surface area contributed by atoms with Crippen LogP contribution in [0.4, 0.5) is 0 Å². The van der Waals surface area contributed by atoms with Crippen LogP contribution in [0.3, 0.4) is 0 Å². The number of hydrogen-bond donors (Lipinski definition) is 1. The Morgan fingerprint density at radius 3 is 2.53 bits per heavy atom. The fraction of sp³-hybridized carbons (Fsp3) is 0.533. The van der Waals surface area contributed by atoms with E-state index in [1.165, 1.54) is 0 Å². The zero-order chi connectivity index (χ0) is 13.7. The molecule has 0 spiro atoms. The molecular formula is C15H21NO3. The van der Waals surface area contributed by atoms with Crippen LogP contribution in [0.25, 0.3) is 0 Å². The van der Waals surface area contributed by atoms with Crippen LogP contribution < -0.4 is 14.8 Å². The molecule has 1 aromatic carbocycles. The van der Waals surface area contributed by atoms with E-state index in [2.05, 4.69) is 19.2 Å². The van der Waals surface area contributed by atoms with Gasteiger partial charge in [0.15, 0.2) is 6.10 Å². The van der Waals surface area contributed by atoms with E-state index in [-0.39, 0.29) is 12.0 Å². The Labute approximate surface area is 114 Å². The van der Waals surface area contributed by atoms with Crippen LogP contribution in [0.15, 0.2) is 24.3 Å². The van der Waals surface area contributed by atoms with E-state index in [9.17, 15) is 4.79 Å². The number of nitrogens with one attached hydrogen (secondary N) is 1. The molecule has 1 aliphatic heterocycles. The van der Waals surface area contributed by atoms with Crippen LogP contribution >= 0.6 is 0 Å². The number of hydrogen-bond acceptors (Lipinski definition) is 3. The first-order valence-corrected chi connectivity index (χ1v) is 6.82. The van der Waals surface area contributed by atoms with Gasteiger partial charge in [0.25, 0.3) is 5.91 Å². The Morgan fingerprint density at radius 2 is 1.95 bits per heavy atom. The number of benzene rings is 1. The van der Waals surface area contributed by atoms with Gasteiger partial charge in [-0.15, -0.1) is 0 Å². The van der Waals surface area contributed by atoms with Gasteiger partial charge in [0, 0.05) is 13.0 Å². The minimum absolute atomic E-state index is 0.0303. The fourth-order valence-electron chi connectivity index (χ4n) is 1.88. The van der Waals surface area contributed by atoms with E-state index in [0.717, 1.165) is 25.2 Å². The lowest BCUT2D eigenvalue weighted by atomic mass is 10.1. The normalized spacial score (nSPS) is 18.5. The third kappa shape index (κ3) is 4.16. The molecule has 0 radical (unpaired) electrons. The molecule has 4 nitrogen and oxygen atoms in total. The average molecular weight is 263 g/mol. The molecule has 1 saturated heterocycles. The molecule has 4 heteroatoms. The summed E-state index contributed by atoms with van der Waals surface area (Å²) in [6.45, 7) is 5.77. The van der Waals surface area contributed by atoms with Crippen molar-refractivity contribution in [3.8, 4) is 11.5 Å². The lowest BCUT2D eigenvalue weighted by Crippen LogP contribution is -2.27. The molecule has 1 aromatic rings. The quantitative estimate of drug-likeness (QED) is 0.857. The molecule has 1 unspecified atom stereocenters. The maximum absolute atomic E-state index is 11.4. The minimum atomic E-state index is -0.354. The van der Waals surface area contributed by atoms with Crippen molar-refractivity contribution in [2.45, 2.75) is 32.8 Å². The summed E-state index contributed by atoms with van der Waals surface area (Å²) in [4.78, 5) is 11.4. The predicted octanol–water partition coefficient (Wildman–Crippen LogP) is 2.38. The number of carbonyl (C=O) groups excluding carboxylic acids is 1. The van der Waals surface area contributed by atoms with E-state index in [1.54, 1.807) is 0 Å². The third-order valence-corrected chi connectivity index (χ3v) is 3.06. The minimum Gasteiger partial charge on any atom is -0.494 e. The molecule has 1 heterocycles. The summed E-state index contributed by atoms with van der Waals surface area (Å²) >= 11 is 0. The third-order valence-electron chi connectivity index (χ3n) is 3.06. The van der Waals surface area contributed by atoms with Gasteiger partial charge in [-0.1, -0.05) is 13.8 Å². The summed E-state index contributed by atoms with van der Waals surface area (Å²) in [7, 11) is 0. The van der Waals surface area contributed by atoms with E-state index in [4.69, 9.17) is 9.47 Å². The molecule has 104 valence electrons. The van der Waals surface area contributed by atoms with E-state index in [1.807, 2.05) is 24.3 Å². The zero-order valence-corrected chi connectivity index (χ0v) is 11.5. The molecule has 0 aromatic heterocycles. The van der Waals surface area contributed by atoms with E-state index in [0.29, 0.717) is 18.2 Å². The highest BCUT2D eigenvalue weighted by molar-refractivity contribution is 5.83. The van der Waals surface area contributed by atoms with Gasteiger partial charge in [-0.2, -0.15) is 0 Å². The van der Waals surface area contributed by atoms with Crippen molar-refractivity contribution in [2.75, 3.05) is 13.2 Å². The second kappa shape index (κ2) is 6.45. The molecule has 1 N–H and O–H groups in total. The molecule has 1 amide bonds. The SMILES string of the molecule is CC(C)CCOc1ccc(OC2CCNC2=O)cc1. The van der Waals surface area contributed by atoms with E-state index < -0.39 is 0 Å². The summed E-state index contributed by atoms with van der Waals surface area (Å²) in [5.41, 5.74) is 0. The maximum atomic E-state index is 11.4. The first-order chi connectivity index (χ1) is 9.15. The Kier molecular flexibility index (Phi) is 4.66. The Hall–Kier alpha value is -1.71. The van der Waals surface area contributed by atoms with Gasteiger partial charge in [0.1, 0.15) is 11.5 Å². The van der Waals surface area contributed by atoms with E-state index >= 15 is 0 Å². The monoisotopic (exact) mass is 263 g/mol. The van der Waals surface area contributed by atoms with Gasteiger partial charge in [-0.05, 0) is 36.6 Å². The second-order valence-corrected chi connectivity index (χ2v) is 5.19. The van der Waals surface area contributed by atoms with Crippen LogP contribution in [0.1, 0.15) is 26.7 Å². The summed E-state index contributed by atoms with van der Waals surface area (Å²) in [5, 5.41) is 2.75. The van der Waals surface area contributed by atoms with Crippen LogP contribution in [0, 0.1) is 5.92 Å². The molecule has 0 aliphatic carbocycles. The summed E-state index contributed by atoms with van der Waals surface area (Å²) in [6.07, 6.45) is 1.42. The first kappa shape index (κ1) is 13.7. The Bertz CT molecular complexity index is 414. The highest BCUT2D eigenvalue weighted by atomic mass is 16.5. The maximum Gasteiger partial charge on any atom is 0.261 e. The summed E-state index contributed by atoms with van der Waals surface area (Å²) < 4.78 is 11.2. The van der Waals surface area contributed by atoms with Crippen LogP contribution in [-0.4, -0.2) is 25.2 Å². The molecule has 1 aliphatic rings. The van der Waals surface area contributed by atoms with Crippen molar-refractivity contribution >= 4 is 5.91 Å². The van der Waals surface area contributed by atoms with Gasteiger partial charge in [0.2, 0.25) is 0 Å². The summed E-state index contributed by atoms with van der Waals surface area (Å²) in [6, 6.07) is 7.44. The standard InChI is InChI=1S/C15H21NO3/c1-11(2)8-10-18-12-3-5-13(6-4-12)19-14-7-9-16-15(14)17/h3-6,11,14H,7-10H2,1-2H3,(H,16,17). The van der Waals surface area contributed by atoms with Crippen molar-refractivity contribution in [3.05, 3.63) is 24.3 Å². The molecule has 2 rings (SSSR count). The number of ether oxygens (including phenoxy) is 2. The molecule has 1 fully saturated rings. The van der Waals surface area contributed by atoms with Gasteiger partial charge < -0.3 is 14.8 Å². The highest BCUT2D eigenvalue weighted by Crippen LogP contribution is 2.20.